The second kappa shape index (κ2) is 7.98. The molecule has 0 aliphatic carbocycles. The maximum atomic E-state index is 12.1. The van der Waals surface area contributed by atoms with Gasteiger partial charge in [-0.2, -0.15) is 5.10 Å². The summed E-state index contributed by atoms with van der Waals surface area (Å²) in [6.45, 7) is 7.42. The van der Waals surface area contributed by atoms with Gasteiger partial charge in [-0.05, 0) is 57.5 Å². The Hall–Kier alpha value is -2.60. The van der Waals surface area contributed by atoms with Crippen LogP contribution in [0, 0.1) is 13.8 Å². The van der Waals surface area contributed by atoms with Crippen LogP contribution in [-0.2, 0) is 4.74 Å². The van der Waals surface area contributed by atoms with Crippen LogP contribution in [0.25, 0.3) is 0 Å². The topological polar surface area (TPSA) is 83.6 Å². The minimum Gasteiger partial charge on any atom is -0.462 e. The van der Waals surface area contributed by atoms with Crippen molar-refractivity contribution in [2.75, 3.05) is 6.61 Å². The molecule has 0 aliphatic heterocycles. The predicted octanol–water partition coefficient (Wildman–Crippen LogP) is 3.62. The van der Waals surface area contributed by atoms with Gasteiger partial charge in [0.2, 0.25) is 0 Å². The Morgan fingerprint density at radius 1 is 1.24 bits per heavy atom. The van der Waals surface area contributed by atoms with E-state index >= 15 is 0 Å². The Kier molecular flexibility index (Phi) is 5.98. The molecule has 2 rings (SSSR count). The van der Waals surface area contributed by atoms with Gasteiger partial charge in [0.25, 0.3) is 5.91 Å². The number of nitrogens with one attached hydrogen (secondary N) is 2. The zero-order chi connectivity index (χ0) is 18.6. The molecule has 0 radical (unpaired) electrons. The van der Waals surface area contributed by atoms with Crippen LogP contribution in [0.3, 0.4) is 0 Å². The molecule has 132 valence electrons. The third kappa shape index (κ3) is 4.28. The zero-order valence-electron chi connectivity index (χ0n) is 14.6. The van der Waals surface area contributed by atoms with Gasteiger partial charge in [-0.1, -0.05) is 11.6 Å². The number of esters is 1. The summed E-state index contributed by atoms with van der Waals surface area (Å²) in [7, 11) is 0. The number of amides is 1. The number of hydrazone groups is 1. The molecule has 0 saturated carbocycles. The van der Waals surface area contributed by atoms with Crippen molar-refractivity contribution in [1.29, 1.82) is 0 Å². The number of carbonyl (C=O) groups excluding carboxylic acids is 2. The van der Waals surface area contributed by atoms with Crippen molar-refractivity contribution in [2.24, 2.45) is 5.10 Å². The predicted molar refractivity (Wildman–Crippen MR) is 97.4 cm³/mol. The van der Waals surface area contributed by atoms with Gasteiger partial charge in [0, 0.05) is 16.3 Å². The van der Waals surface area contributed by atoms with Crippen LogP contribution in [0.5, 0.6) is 0 Å². The molecule has 2 N–H and O–H groups in total. The molecule has 0 spiro atoms. The molecule has 1 heterocycles. The summed E-state index contributed by atoms with van der Waals surface area (Å²) in [6, 6.07) is 6.51. The van der Waals surface area contributed by atoms with Crippen molar-refractivity contribution in [2.45, 2.75) is 27.7 Å². The lowest BCUT2D eigenvalue weighted by Gasteiger charge is -2.04. The average molecular weight is 362 g/mol. The van der Waals surface area contributed by atoms with Crippen LogP contribution in [0.4, 0.5) is 0 Å². The van der Waals surface area contributed by atoms with Crippen molar-refractivity contribution in [3.05, 3.63) is 57.4 Å². The minimum absolute atomic E-state index is 0.308. The van der Waals surface area contributed by atoms with E-state index in [0.29, 0.717) is 39.9 Å². The van der Waals surface area contributed by atoms with Gasteiger partial charge < -0.3 is 9.72 Å². The summed E-state index contributed by atoms with van der Waals surface area (Å²) < 4.78 is 5.07. The smallest absolute Gasteiger partial charge is 0.340 e. The third-order valence-electron chi connectivity index (χ3n) is 3.71. The second-order valence-corrected chi connectivity index (χ2v) is 5.93. The first-order chi connectivity index (χ1) is 11.8. The number of aromatic nitrogens is 1. The van der Waals surface area contributed by atoms with E-state index in [-0.39, 0.29) is 11.9 Å². The van der Waals surface area contributed by atoms with E-state index in [4.69, 9.17) is 16.3 Å². The van der Waals surface area contributed by atoms with Gasteiger partial charge in [0.1, 0.15) is 0 Å². The van der Waals surface area contributed by atoms with Crippen LogP contribution < -0.4 is 5.43 Å². The van der Waals surface area contributed by atoms with E-state index in [0.717, 1.165) is 5.56 Å². The number of H-pyrrole nitrogens is 1. The number of ether oxygens (including phenoxy) is 1. The number of benzene rings is 1. The molecule has 0 fully saturated rings. The number of rotatable bonds is 5. The molecule has 1 aromatic carbocycles. The maximum absolute atomic E-state index is 12.1. The molecule has 0 aliphatic rings. The number of hydrogen-bond donors (Lipinski definition) is 2. The molecule has 0 saturated heterocycles. The molecule has 0 bridgehead atoms. The summed E-state index contributed by atoms with van der Waals surface area (Å²) in [5, 5.41) is 4.67. The Morgan fingerprint density at radius 2 is 1.88 bits per heavy atom. The molecule has 1 aromatic heterocycles. The fourth-order valence-electron chi connectivity index (χ4n) is 2.48. The number of aryl methyl sites for hydroxylation is 1. The SMILES string of the molecule is CCOC(=O)c1c(C)[nH]c(/C(C)=N/NC(=O)c2ccc(Cl)cc2)c1C. The lowest BCUT2D eigenvalue weighted by Crippen LogP contribution is -2.19. The average Bonchev–Trinajstić information content (AvgIpc) is 2.88. The van der Waals surface area contributed by atoms with E-state index in [2.05, 4.69) is 15.5 Å². The highest BCUT2D eigenvalue weighted by molar-refractivity contribution is 6.30. The largest absolute Gasteiger partial charge is 0.462 e. The highest BCUT2D eigenvalue weighted by atomic mass is 35.5. The Morgan fingerprint density at radius 3 is 2.48 bits per heavy atom. The Bertz CT molecular complexity index is 823. The van der Waals surface area contributed by atoms with Gasteiger partial charge >= 0.3 is 5.97 Å². The Labute approximate surface area is 151 Å². The Balaban J connectivity index is 2.19. The fourth-order valence-corrected chi connectivity index (χ4v) is 2.60. The first-order valence-electron chi connectivity index (χ1n) is 7.82. The van der Waals surface area contributed by atoms with Crippen molar-refractivity contribution in [3.63, 3.8) is 0 Å². The van der Waals surface area contributed by atoms with Gasteiger partial charge in [0.15, 0.2) is 0 Å². The van der Waals surface area contributed by atoms with Crippen molar-refractivity contribution in [3.8, 4) is 0 Å². The quantitative estimate of drug-likeness (QED) is 0.484. The number of carbonyl (C=O) groups is 2. The number of aromatic amines is 1. The molecule has 2 aromatic rings. The molecule has 0 atom stereocenters. The number of nitrogens with zero attached hydrogens (tertiary/aromatic N) is 1. The van der Waals surface area contributed by atoms with Crippen molar-refractivity contribution in [1.82, 2.24) is 10.4 Å². The lowest BCUT2D eigenvalue weighted by atomic mass is 10.1. The van der Waals surface area contributed by atoms with Crippen LogP contribution in [0.15, 0.2) is 29.4 Å². The van der Waals surface area contributed by atoms with Crippen LogP contribution >= 0.6 is 11.6 Å². The van der Waals surface area contributed by atoms with Crippen molar-refractivity contribution < 1.29 is 14.3 Å². The van der Waals surface area contributed by atoms with Crippen LogP contribution in [0.2, 0.25) is 5.02 Å². The molecule has 1 amide bonds. The van der Waals surface area contributed by atoms with Gasteiger partial charge in [-0.15, -0.1) is 0 Å². The first-order valence-corrected chi connectivity index (χ1v) is 8.19. The van der Waals surface area contributed by atoms with Crippen molar-refractivity contribution >= 4 is 29.2 Å². The second-order valence-electron chi connectivity index (χ2n) is 5.49. The molecular formula is C18H20ClN3O3. The summed E-state index contributed by atoms with van der Waals surface area (Å²) in [5.41, 5.74) is 6.11. The third-order valence-corrected chi connectivity index (χ3v) is 3.96. The zero-order valence-corrected chi connectivity index (χ0v) is 15.3. The van der Waals surface area contributed by atoms with Gasteiger partial charge in [0.05, 0.1) is 23.6 Å². The molecule has 25 heavy (non-hydrogen) atoms. The number of halogens is 1. The molecule has 0 unspecified atom stereocenters. The normalized spacial score (nSPS) is 11.3. The van der Waals surface area contributed by atoms with E-state index in [1.807, 2.05) is 6.92 Å². The fraction of sp³-hybridized carbons (Fsp3) is 0.278. The summed E-state index contributed by atoms with van der Waals surface area (Å²) in [6.07, 6.45) is 0. The summed E-state index contributed by atoms with van der Waals surface area (Å²) >= 11 is 5.81. The highest BCUT2D eigenvalue weighted by Gasteiger charge is 2.20. The van der Waals surface area contributed by atoms with E-state index in [1.54, 1.807) is 45.0 Å². The van der Waals surface area contributed by atoms with Crippen LogP contribution in [-0.4, -0.2) is 29.2 Å². The van der Waals surface area contributed by atoms with E-state index in [1.165, 1.54) is 0 Å². The maximum Gasteiger partial charge on any atom is 0.340 e. The molecular weight excluding hydrogens is 342 g/mol. The van der Waals surface area contributed by atoms with E-state index in [9.17, 15) is 9.59 Å². The van der Waals surface area contributed by atoms with Gasteiger partial charge in [-0.25, -0.2) is 10.2 Å². The summed E-state index contributed by atoms with van der Waals surface area (Å²) in [5.74, 6) is -0.722. The first kappa shape index (κ1) is 18.7. The standard InChI is InChI=1S/C18H20ClN3O3/c1-5-25-18(24)15-10(2)16(20-11(15)3)12(4)21-22-17(23)13-6-8-14(19)9-7-13/h6-9,20H,5H2,1-4H3,(H,22,23)/b21-12+. The monoisotopic (exact) mass is 361 g/mol. The highest BCUT2D eigenvalue weighted by Crippen LogP contribution is 2.19. The lowest BCUT2D eigenvalue weighted by molar-refractivity contribution is 0.0525. The van der Waals surface area contributed by atoms with Gasteiger partial charge in [-0.3, -0.25) is 4.79 Å². The summed E-state index contributed by atoms with van der Waals surface area (Å²) in [4.78, 5) is 27.3. The minimum atomic E-state index is -0.377. The van der Waals surface area contributed by atoms with E-state index < -0.39 is 0 Å². The number of hydrogen-bond acceptors (Lipinski definition) is 4. The molecule has 6 nitrogen and oxygen atoms in total. The van der Waals surface area contributed by atoms with Crippen LogP contribution in [0.1, 0.15) is 51.5 Å². The molecule has 7 heteroatoms.